The molecular formula is C26H56O2P. The lowest BCUT2D eigenvalue weighted by Gasteiger charge is -2.37. The maximum absolute atomic E-state index is 10.1. The zero-order valence-electron chi connectivity index (χ0n) is 20.9. The number of rotatable bonds is 20. The van der Waals surface area contributed by atoms with Gasteiger partial charge in [-0.1, -0.05) is 98.8 Å². The predicted molar refractivity (Wildman–Crippen MR) is 136 cm³/mol. The first-order valence-electron chi connectivity index (χ1n) is 13.1. The predicted octanol–water partition coefficient (Wildman–Crippen LogP) is 9.42. The fourth-order valence-corrected chi connectivity index (χ4v) is 9.17. The summed E-state index contributed by atoms with van der Waals surface area (Å²) in [4.78, 5) is 10.1. The Kier molecular flexibility index (Phi) is 25.9. The molecule has 0 aromatic rings. The number of aliphatic carboxylic acids is 1. The molecule has 0 saturated heterocycles. The Morgan fingerprint density at radius 3 is 1.14 bits per heavy atom. The third-order valence-electron chi connectivity index (χ3n) is 5.94. The van der Waals surface area contributed by atoms with Crippen molar-refractivity contribution in [2.45, 2.75) is 137 Å². The Morgan fingerprint density at radius 1 is 0.517 bits per heavy atom. The van der Waals surface area contributed by atoms with Crippen LogP contribution in [0, 0.1) is 0 Å². The van der Waals surface area contributed by atoms with Crippen LogP contribution in [-0.2, 0) is 4.79 Å². The summed E-state index contributed by atoms with van der Waals surface area (Å²) >= 11 is 0. The Morgan fingerprint density at radius 2 is 0.828 bits per heavy atom. The maximum Gasteiger partial charge on any atom is 0.303 e. The average Bonchev–Trinajstić information content (AvgIpc) is 2.72. The molecule has 0 aliphatic rings. The normalized spacial score (nSPS) is 11.2. The first-order chi connectivity index (χ1) is 14.0. The SMILES string of the molecule is CCCCCCCCCC(=O)O.CCCC[P](CCCC)(CCCC)CCCC. The highest BCUT2D eigenvalue weighted by Crippen LogP contribution is 2.61. The highest BCUT2D eigenvalue weighted by atomic mass is 31.2. The molecule has 0 aliphatic heterocycles. The topological polar surface area (TPSA) is 37.3 Å². The first-order valence-corrected chi connectivity index (χ1v) is 15.6. The number of carboxylic acids is 1. The average molecular weight is 432 g/mol. The number of carboxylic acid groups (broad SMARTS) is 1. The summed E-state index contributed by atoms with van der Waals surface area (Å²) in [6.45, 7) is 11.6. The molecule has 0 fully saturated rings. The van der Waals surface area contributed by atoms with Crippen molar-refractivity contribution in [3.05, 3.63) is 0 Å². The second-order valence-electron chi connectivity index (χ2n) is 8.92. The van der Waals surface area contributed by atoms with Crippen LogP contribution in [0.25, 0.3) is 0 Å². The molecule has 0 aromatic heterocycles. The second kappa shape index (κ2) is 24.2. The van der Waals surface area contributed by atoms with Gasteiger partial charge in [-0.2, -0.15) is 0 Å². The van der Waals surface area contributed by atoms with Crippen LogP contribution in [0.5, 0.6) is 0 Å². The maximum atomic E-state index is 10.1. The molecule has 0 saturated carbocycles. The molecule has 1 radical (unpaired) electrons. The zero-order chi connectivity index (χ0) is 22.2. The number of hydrogen-bond donors (Lipinski definition) is 1. The van der Waals surface area contributed by atoms with Gasteiger partial charge in [-0.3, -0.25) is 4.79 Å². The zero-order valence-corrected chi connectivity index (χ0v) is 21.8. The van der Waals surface area contributed by atoms with Crippen LogP contribution in [0.1, 0.15) is 137 Å². The molecule has 0 bridgehead atoms. The van der Waals surface area contributed by atoms with Crippen molar-refractivity contribution in [3.63, 3.8) is 0 Å². The van der Waals surface area contributed by atoms with E-state index in [2.05, 4.69) is 34.6 Å². The van der Waals surface area contributed by atoms with Crippen molar-refractivity contribution in [3.8, 4) is 0 Å². The number of unbranched alkanes of at least 4 members (excludes halogenated alkanes) is 10. The quantitative estimate of drug-likeness (QED) is 0.154. The Labute approximate surface area is 185 Å². The number of hydrogen-bond acceptors (Lipinski definition) is 1. The van der Waals surface area contributed by atoms with Crippen molar-refractivity contribution in [2.75, 3.05) is 24.6 Å². The van der Waals surface area contributed by atoms with Gasteiger partial charge in [0.1, 0.15) is 0 Å². The molecule has 0 unspecified atom stereocenters. The van der Waals surface area contributed by atoms with E-state index in [1.54, 1.807) is 24.6 Å². The van der Waals surface area contributed by atoms with Crippen molar-refractivity contribution in [1.82, 2.24) is 0 Å². The Balaban J connectivity index is 0. The highest BCUT2D eigenvalue weighted by Gasteiger charge is 2.24. The van der Waals surface area contributed by atoms with E-state index in [0.29, 0.717) is 6.42 Å². The lowest BCUT2D eigenvalue weighted by Crippen LogP contribution is -2.12. The highest BCUT2D eigenvalue weighted by molar-refractivity contribution is 7.75. The molecule has 1 N–H and O–H groups in total. The molecule has 177 valence electrons. The molecule has 3 heteroatoms. The van der Waals surface area contributed by atoms with Crippen LogP contribution in [0.3, 0.4) is 0 Å². The van der Waals surface area contributed by atoms with Gasteiger partial charge in [0.15, 0.2) is 0 Å². The summed E-state index contributed by atoms with van der Waals surface area (Å²) in [5, 5.41) is 8.35. The third kappa shape index (κ3) is 22.4. The molecule has 0 aromatic carbocycles. The molecule has 0 rings (SSSR count). The molecule has 0 heterocycles. The minimum atomic E-state index is -0.663. The fraction of sp³-hybridized carbons (Fsp3) is 0.962. The van der Waals surface area contributed by atoms with Crippen molar-refractivity contribution >= 4 is 13.2 Å². The second-order valence-corrected chi connectivity index (χ2v) is 13.4. The molecule has 29 heavy (non-hydrogen) atoms. The smallest absolute Gasteiger partial charge is 0.303 e. The van der Waals surface area contributed by atoms with Gasteiger partial charge in [-0.05, 0) is 56.8 Å². The van der Waals surface area contributed by atoms with Crippen molar-refractivity contribution in [1.29, 1.82) is 0 Å². The summed E-state index contributed by atoms with van der Waals surface area (Å²) < 4.78 is 0. The van der Waals surface area contributed by atoms with E-state index in [4.69, 9.17) is 5.11 Å². The van der Waals surface area contributed by atoms with E-state index in [9.17, 15) is 4.79 Å². The lowest BCUT2D eigenvalue weighted by molar-refractivity contribution is -0.137. The van der Waals surface area contributed by atoms with Crippen LogP contribution in [0.15, 0.2) is 0 Å². The lowest BCUT2D eigenvalue weighted by atomic mass is 10.1. The van der Waals surface area contributed by atoms with Gasteiger partial charge in [0, 0.05) is 6.42 Å². The van der Waals surface area contributed by atoms with Gasteiger partial charge in [-0.15, -0.1) is 7.26 Å². The minimum Gasteiger partial charge on any atom is -0.481 e. The van der Waals surface area contributed by atoms with E-state index in [0.717, 1.165) is 12.8 Å². The van der Waals surface area contributed by atoms with Crippen LogP contribution in [-0.4, -0.2) is 35.7 Å². The van der Waals surface area contributed by atoms with Crippen LogP contribution < -0.4 is 0 Å². The van der Waals surface area contributed by atoms with E-state index in [1.165, 1.54) is 83.5 Å². The van der Waals surface area contributed by atoms with Crippen LogP contribution in [0.4, 0.5) is 0 Å². The van der Waals surface area contributed by atoms with Gasteiger partial charge in [0.25, 0.3) is 0 Å². The van der Waals surface area contributed by atoms with Gasteiger partial charge in [0.2, 0.25) is 0 Å². The van der Waals surface area contributed by atoms with Gasteiger partial charge in [-0.25, -0.2) is 0 Å². The van der Waals surface area contributed by atoms with E-state index >= 15 is 0 Å². The van der Waals surface area contributed by atoms with Gasteiger partial charge >= 0.3 is 5.97 Å². The van der Waals surface area contributed by atoms with Crippen LogP contribution >= 0.6 is 7.26 Å². The number of carbonyl (C=O) groups is 1. The standard InChI is InChI=1S/C16H36P.C10H20O2/c1-5-9-13-17(14-10-6-2,15-11-7-3)16-12-8-4;1-2-3-4-5-6-7-8-9-10(11)12/h5-16H2,1-4H3;2-9H2,1H3,(H,11,12). The molecule has 2 nitrogen and oxygen atoms in total. The summed E-state index contributed by atoms with van der Waals surface area (Å²) in [6, 6.07) is 0. The Hall–Kier alpha value is -0.100. The van der Waals surface area contributed by atoms with Gasteiger partial charge in [0.05, 0.1) is 0 Å². The monoisotopic (exact) mass is 431 g/mol. The first kappa shape index (κ1) is 31.1. The summed E-state index contributed by atoms with van der Waals surface area (Å²) in [6.07, 6.45) is 26.6. The summed E-state index contributed by atoms with van der Waals surface area (Å²) in [5.41, 5.74) is 0. The largest absolute Gasteiger partial charge is 0.481 e. The van der Waals surface area contributed by atoms with Crippen LogP contribution in [0.2, 0.25) is 0 Å². The molecule has 0 aliphatic carbocycles. The molecular weight excluding hydrogens is 375 g/mol. The summed E-state index contributed by atoms with van der Waals surface area (Å²) in [7, 11) is -0.562. The fourth-order valence-electron chi connectivity index (χ4n) is 3.88. The molecule has 0 spiro atoms. The van der Waals surface area contributed by atoms with E-state index < -0.39 is 13.2 Å². The van der Waals surface area contributed by atoms with Crippen molar-refractivity contribution < 1.29 is 9.90 Å². The summed E-state index contributed by atoms with van der Waals surface area (Å²) in [5.74, 6) is -0.663. The minimum absolute atomic E-state index is 0.341. The van der Waals surface area contributed by atoms with Gasteiger partial charge < -0.3 is 5.11 Å². The van der Waals surface area contributed by atoms with E-state index in [1.807, 2.05) is 0 Å². The third-order valence-corrected chi connectivity index (χ3v) is 11.0. The Bertz CT molecular complexity index is 293. The van der Waals surface area contributed by atoms with Crippen molar-refractivity contribution in [2.24, 2.45) is 0 Å². The van der Waals surface area contributed by atoms with E-state index in [-0.39, 0.29) is 0 Å². The molecule has 0 amide bonds. The molecule has 0 atom stereocenters.